The largest absolute Gasteiger partial charge is 0.480 e. The highest BCUT2D eigenvalue weighted by Gasteiger charge is 2.23. The lowest BCUT2D eigenvalue weighted by Crippen LogP contribution is -2.29. The lowest BCUT2D eigenvalue weighted by molar-refractivity contribution is -0.135. The second kappa shape index (κ2) is 6.49. The molecular formula is C10H9Br2NO5S. The predicted octanol–water partition coefficient (Wildman–Crippen LogP) is 1.35. The number of amides is 1. The summed E-state index contributed by atoms with van der Waals surface area (Å²) in [6.45, 7) is -0.532. The van der Waals surface area contributed by atoms with Gasteiger partial charge in [-0.2, -0.15) is 0 Å². The first-order valence-electron chi connectivity index (χ1n) is 4.87. The number of nitrogens with one attached hydrogen (secondary N) is 1. The van der Waals surface area contributed by atoms with Crippen molar-refractivity contribution in [2.75, 3.05) is 6.54 Å². The third kappa shape index (κ3) is 4.29. The van der Waals surface area contributed by atoms with Gasteiger partial charge in [-0.05, 0) is 18.2 Å². The van der Waals surface area contributed by atoms with Crippen LogP contribution in [0.1, 0.15) is 10.4 Å². The summed E-state index contributed by atoms with van der Waals surface area (Å²) in [6, 6.07) is 5.33. The molecule has 0 aliphatic heterocycles. The Morgan fingerprint density at radius 1 is 1.32 bits per heavy atom. The van der Waals surface area contributed by atoms with Crippen molar-refractivity contribution in [3.05, 3.63) is 29.8 Å². The van der Waals surface area contributed by atoms with Gasteiger partial charge in [0.05, 0.1) is 4.90 Å². The van der Waals surface area contributed by atoms with E-state index in [0.717, 1.165) is 0 Å². The first-order valence-corrected chi connectivity index (χ1v) is 8.25. The third-order valence-corrected chi connectivity index (χ3v) is 6.39. The number of aliphatic carboxylic acids is 1. The first-order chi connectivity index (χ1) is 8.75. The summed E-state index contributed by atoms with van der Waals surface area (Å²) in [5.74, 6) is -1.83. The molecule has 9 heteroatoms. The van der Waals surface area contributed by atoms with Crippen molar-refractivity contribution in [2.24, 2.45) is 0 Å². The number of benzene rings is 1. The normalized spacial score (nSPS) is 11.3. The van der Waals surface area contributed by atoms with Crippen LogP contribution in [0.5, 0.6) is 0 Å². The monoisotopic (exact) mass is 413 g/mol. The van der Waals surface area contributed by atoms with E-state index in [1.165, 1.54) is 24.3 Å². The number of carboxylic acids is 1. The minimum atomic E-state index is -3.63. The molecule has 0 aliphatic rings. The summed E-state index contributed by atoms with van der Waals surface area (Å²) in [6.07, 6.45) is 0. The number of carboxylic acid groups (broad SMARTS) is 1. The molecule has 0 aromatic heterocycles. The molecule has 0 spiro atoms. The Labute approximate surface area is 126 Å². The van der Waals surface area contributed by atoms with Gasteiger partial charge in [0.25, 0.3) is 5.91 Å². The topological polar surface area (TPSA) is 101 Å². The Kier molecular flexibility index (Phi) is 5.50. The van der Waals surface area contributed by atoms with Crippen LogP contribution in [0, 0.1) is 0 Å². The fraction of sp³-hybridized carbons (Fsp3) is 0.200. The van der Waals surface area contributed by atoms with Crippen LogP contribution in [0.15, 0.2) is 29.2 Å². The van der Waals surface area contributed by atoms with Crippen LogP contribution in [0.25, 0.3) is 0 Å². The van der Waals surface area contributed by atoms with E-state index in [1.54, 1.807) is 0 Å². The van der Waals surface area contributed by atoms with Gasteiger partial charge >= 0.3 is 5.97 Å². The molecule has 0 aliphatic carbocycles. The van der Waals surface area contributed by atoms with Crippen LogP contribution >= 0.6 is 31.9 Å². The summed E-state index contributed by atoms with van der Waals surface area (Å²) in [5, 5.41) is 10.6. The number of alkyl halides is 2. The number of rotatable bonds is 5. The van der Waals surface area contributed by atoms with Gasteiger partial charge in [0, 0.05) is 5.56 Å². The van der Waals surface area contributed by atoms with E-state index in [1.807, 2.05) is 0 Å². The molecule has 0 heterocycles. The summed E-state index contributed by atoms with van der Waals surface area (Å²) in [5.41, 5.74) is 0.0722. The number of sulfone groups is 1. The minimum Gasteiger partial charge on any atom is -0.480 e. The van der Waals surface area contributed by atoms with Crippen molar-refractivity contribution >= 4 is 53.6 Å². The molecule has 0 fully saturated rings. The highest BCUT2D eigenvalue weighted by molar-refractivity contribution is 9.27. The van der Waals surface area contributed by atoms with Crippen molar-refractivity contribution in [2.45, 2.75) is 7.96 Å². The number of hydrogen-bond acceptors (Lipinski definition) is 4. The van der Waals surface area contributed by atoms with Crippen LogP contribution in [-0.4, -0.2) is 35.0 Å². The van der Waals surface area contributed by atoms with E-state index in [9.17, 15) is 18.0 Å². The SMILES string of the molecule is O=C(O)CNC(=O)c1cccc(S(=O)(=O)C(Br)Br)c1. The minimum absolute atomic E-state index is 0.0470. The van der Waals surface area contributed by atoms with Crippen molar-refractivity contribution in [1.29, 1.82) is 0 Å². The Bertz CT molecular complexity index is 600. The van der Waals surface area contributed by atoms with E-state index in [2.05, 4.69) is 37.2 Å². The molecule has 1 amide bonds. The Morgan fingerprint density at radius 2 is 1.95 bits per heavy atom. The molecule has 104 valence electrons. The molecule has 0 atom stereocenters. The van der Waals surface area contributed by atoms with Crippen molar-refractivity contribution in [1.82, 2.24) is 5.32 Å². The number of carbonyl (C=O) groups excluding carboxylic acids is 1. The van der Waals surface area contributed by atoms with Gasteiger partial charge in [-0.1, -0.05) is 37.9 Å². The fourth-order valence-corrected chi connectivity index (χ4v) is 3.24. The number of halogens is 2. The molecule has 1 aromatic rings. The summed E-state index contributed by atoms with van der Waals surface area (Å²) < 4.78 is 22.7. The lowest BCUT2D eigenvalue weighted by Gasteiger charge is -2.07. The van der Waals surface area contributed by atoms with Crippen molar-refractivity contribution in [3.8, 4) is 0 Å². The molecule has 1 aromatic carbocycles. The maximum Gasteiger partial charge on any atom is 0.322 e. The first kappa shape index (κ1) is 16.1. The molecule has 0 radical (unpaired) electrons. The zero-order valence-corrected chi connectivity index (χ0v) is 13.3. The number of hydrogen-bond donors (Lipinski definition) is 2. The summed E-state index contributed by atoms with van der Waals surface area (Å²) >= 11 is 5.79. The van der Waals surface area contributed by atoms with E-state index in [-0.39, 0.29) is 10.5 Å². The van der Waals surface area contributed by atoms with Crippen LogP contribution in [-0.2, 0) is 14.6 Å². The average Bonchev–Trinajstić information content (AvgIpc) is 2.35. The highest BCUT2D eigenvalue weighted by atomic mass is 79.9. The average molecular weight is 415 g/mol. The molecule has 0 bridgehead atoms. The second-order valence-corrected chi connectivity index (χ2v) is 9.72. The Morgan fingerprint density at radius 3 is 2.47 bits per heavy atom. The van der Waals surface area contributed by atoms with E-state index in [0.29, 0.717) is 0 Å². The Hall–Kier alpha value is -0.930. The van der Waals surface area contributed by atoms with Crippen molar-refractivity contribution < 1.29 is 23.1 Å². The van der Waals surface area contributed by atoms with Gasteiger partial charge in [-0.15, -0.1) is 0 Å². The highest BCUT2D eigenvalue weighted by Crippen LogP contribution is 2.25. The van der Waals surface area contributed by atoms with Gasteiger partial charge in [-0.25, -0.2) is 8.42 Å². The molecular weight excluding hydrogens is 406 g/mol. The molecule has 6 nitrogen and oxygen atoms in total. The van der Waals surface area contributed by atoms with Gasteiger partial charge in [-0.3, -0.25) is 9.59 Å². The van der Waals surface area contributed by atoms with Gasteiger partial charge < -0.3 is 10.4 Å². The van der Waals surface area contributed by atoms with Gasteiger partial charge in [0.1, 0.15) is 6.54 Å². The molecule has 1 rings (SSSR count). The quantitative estimate of drug-likeness (QED) is 0.708. The van der Waals surface area contributed by atoms with Crippen LogP contribution in [0.4, 0.5) is 0 Å². The van der Waals surface area contributed by atoms with E-state index >= 15 is 0 Å². The van der Waals surface area contributed by atoms with Crippen LogP contribution < -0.4 is 5.32 Å². The lowest BCUT2D eigenvalue weighted by atomic mass is 10.2. The zero-order chi connectivity index (χ0) is 14.6. The maximum atomic E-state index is 11.9. The smallest absolute Gasteiger partial charge is 0.322 e. The van der Waals surface area contributed by atoms with Gasteiger partial charge in [0.15, 0.2) is 3.07 Å². The van der Waals surface area contributed by atoms with Gasteiger partial charge in [0.2, 0.25) is 9.84 Å². The second-order valence-electron chi connectivity index (χ2n) is 3.41. The van der Waals surface area contributed by atoms with E-state index in [4.69, 9.17) is 5.11 Å². The Balaban J connectivity index is 3.01. The van der Waals surface area contributed by atoms with Crippen LogP contribution in [0.2, 0.25) is 0 Å². The maximum absolute atomic E-state index is 11.9. The summed E-state index contributed by atoms with van der Waals surface area (Å²) in [7, 11) is -3.63. The zero-order valence-electron chi connectivity index (χ0n) is 9.34. The fourth-order valence-electron chi connectivity index (χ4n) is 1.18. The summed E-state index contributed by atoms with van der Waals surface area (Å²) in [4.78, 5) is 21.9. The van der Waals surface area contributed by atoms with Crippen molar-refractivity contribution in [3.63, 3.8) is 0 Å². The standard InChI is InChI=1S/C10H9Br2NO5S/c11-10(12)19(17,18)7-3-1-2-6(4-7)9(16)13-5-8(14)15/h1-4,10H,5H2,(H,13,16)(H,14,15). The van der Waals surface area contributed by atoms with Crippen LogP contribution in [0.3, 0.4) is 0 Å². The molecule has 2 N–H and O–H groups in total. The molecule has 0 saturated heterocycles. The predicted molar refractivity (Wildman–Crippen MR) is 75.2 cm³/mol. The molecule has 19 heavy (non-hydrogen) atoms. The van der Waals surface area contributed by atoms with E-state index < -0.39 is 31.3 Å². The molecule has 0 saturated carbocycles. The number of carbonyl (C=O) groups is 2. The third-order valence-electron chi connectivity index (χ3n) is 2.06. The molecule has 0 unspecified atom stereocenters.